The molecule has 9 nitrogen and oxygen atoms in total. The average molecular weight is 685 g/mol. The number of ether oxygens (including phenoxy) is 4. The lowest BCUT2D eigenvalue weighted by atomic mass is 9.98. The Morgan fingerprint density at radius 1 is 0.958 bits per heavy atom. The lowest BCUT2D eigenvalue weighted by Crippen LogP contribution is -2.38. The van der Waals surface area contributed by atoms with Crippen LogP contribution >= 0.6 is 24.0 Å². The van der Waals surface area contributed by atoms with Gasteiger partial charge < -0.3 is 24.1 Å². The van der Waals surface area contributed by atoms with Gasteiger partial charge in [0.05, 0.1) is 37.4 Å². The molecular formula is C37H36N2O7S2. The quantitative estimate of drug-likeness (QED) is 0.0944. The van der Waals surface area contributed by atoms with Gasteiger partial charge in [0.15, 0.2) is 11.5 Å². The summed E-state index contributed by atoms with van der Waals surface area (Å²) in [5.41, 5.74) is 2.84. The highest BCUT2D eigenvalue weighted by Gasteiger charge is 2.32. The molecule has 0 spiro atoms. The van der Waals surface area contributed by atoms with Gasteiger partial charge in [-0.3, -0.25) is 14.6 Å². The predicted octanol–water partition coefficient (Wildman–Crippen LogP) is 6.59. The van der Waals surface area contributed by atoms with Crippen molar-refractivity contribution in [1.29, 1.82) is 0 Å². The zero-order chi connectivity index (χ0) is 33.5. The summed E-state index contributed by atoms with van der Waals surface area (Å²) in [5.74, 6) is 0.653. The summed E-state index contributed by atoms with van der Waals surface area (Å²) in [6, 6.07) is 24.7. The second-order valence-electron chi connectivity index (χ2n) is 11.3. The molecule has 0 aliphatic carbocycles. The van der Waals surface area contributed by atoms with Crippen molar-refractivity contribution in [3.8, 4) is 28.4 Å². The van der Waals surface area contributed by atoms with Gasteiger partial charge in [0.1, 0.15) is 16.7 Å². The molecule has 1 N–H and O–H groups in total. The third kappa shape index (κ3) is 7.99. The van der Waals surface area contributed by atoms with Crippen LogP contribution in [0.2, 0.25) is 0 Å². The van der Waals surface area contributed by atoms with Crippen molar-refractivity contribution in [1.82, 2.24) is 9.80 Å². The van der Waals surface area contributed by atoms with Gasteiger partial charge in [-0.15, -0.1) is 0 Å². The van der Waals surface area contributed by atoms with E-state index in [2.05, 4.69) is 35.2 Å². The van der Waals surface area contributed by atoms with Gasteiger partial charge in [0.25, 0.3) is 5.91 Å². The van der Waals surface area contributed by atoms with Crippen molar-refractivity contribution in [3.05, 3.63) is 94.9 Å². The summed E-state index contributed by atoms with van der Waals surface area (Å²) in [6.07, 6.45) is 2.40. The van der Waals surface area contributed by atoms with E-state index in [1.165, 1.54) is 23.9 Å². The lowest BCUT2D eigenvalue weighted by Gasteiger charge is -2.26. The largest absolute Gasteiger partial charge is 0.494 e. The first kappa shape index (κ1) is 33.5. The SMILES string of the molecule is COc1cc(C=C2SC(=S)N(CCCOc3ccc(C(=O)O)cc3)C2=O)cc(-c2ccc3ccccc3c2)c1OCCN1CCOCC1. The van der Waals surface area contributed by atoms with E-state index in [9.17, 15) is 9.59 Å². The summed E-state index contributed by atoms with van der Waals surface area (Å²) in [5, 5.41) is 11.3. The molecule has 0 atom stereocenters. The lowest BCUT2D eigenvalue weighted by molar-refractivity contribution is -0.122. The van der Waals surface area contributed by atoms with Gasteiger partial charge in [-0.1, -0.05) is 60.4 Å². The number of carbonyl (C=O) groups is 2. The first-order valence-electron chi connectivity index (χ1n) is 15.8. The Labute approximate surface area is 289 Å². The molecule has 2 aliphatic rings. The maximum absolute atomic E-state index is 13.5. The maximum atomic E-state index is 13.5. The highest BCUT2D eigenvalue weighted by molar-refractivity contribution is 8.26. The normalized spacial score (nSPS) is 16.1. The van der Waals surface area contributed by atoms with Crippen molar-refractivity contribution in [2.45, 2.75) is 6.42 Å². The molecule has 4 aromatic carbocycles. The van der Waals surface area contributed by atoms with Crippen LogP contribution in [0.25, 0.3) is 28.0 Å². The van der Waals surface area contributed by atoms with Gasteiger partial charge in [-0.05, 0) is 76.9 Å². The van der Waals surface area contributed by atoms with Gasteiger partial charge in [0.2, 0.25) is 0 Å². The van der Waals surface area contributed by atoms with Crippen LogP contribution < -0.4 is 14.2 Å². The van der Waals surface area contributed by atoms with Crippen LogP contribution in [-0.2, 0) is 9.53 Å². The van der Waals surface area contributed by atoms with Gasteiger partial charge in [0, 0.05) is 31.7 Å². The number of methoxy groups -OCH3 is 1. The van der Waals surface area contributed by atoms with Crippen LogP contribution in [0.15, 0.2) is 83.8 Å². The number of morpholine rings is 1. The summed E-state index contributed by atoms with van der Waals surface area (Å²) in [7, 11) is 1.63. The van der Waals surface area contributed by atoms with Crippen molar-refractivity contribution >= 4 is 57.0 Å². The van der Waals surface area contributed by atoms with Crippen LogP contribution in [0, 0.1) is 0 Å². The Morgan fingerprint density at radius 2 is 1.73 bits per heavy atom. The fraction of sp³-hybridized carbons (Fsp3) is 0.270. The smallest absolute Gasteiger partial charge is 0.335 e. The van der Waals surface area contributed by atoms with Crippen molar-refractivity contribution in [2.75, 3.05) is 59.7 Å². The summed E-state index contributed by atoms with van der Waals surface area (Å²) in [4.78, 5) is 29.0. The van der Waals surface area contributed by atoms with E-state index in [0.29, 0.717) is 52.7 Å². The highest BCUT2D eigenvalue weighted by Crippen LogP contribution is 2.42. The number of hydrogen-bond acceptors (Lipinski definition) is 9. The summed E-state index contributed by atoms with van der Waals surface area (Å²) >= 11 is 6.86. The third-order valence-corrected chi connectivity index (χ3v) is 9.56. The molecule has 0 bridgehead atoms. The number of amides is 1. The van der Waals surface area contributed by atoms with E-state index in [0.717, 1.165) is 60.3 Å². The Hall–Kier alpha value is -4.42. The number of benzene rings is 4. The molecule has 2 fully saturated rings. The highest BCUT2D eigenvalue weighted by atomic mass is 32.2. The van der Waals surface area contributed by atoms with E-state index in [1.54, 1.807) is 24.1 Å². The van der Waals surface area contributed by atoms with Crippen LogP contribution in [0.4, 0.5) is 0 Å². The third-order valence-electron chi connectivity index (χ3n) is 8.18. The minimum absolute atomic E-state index is 0.159. The van der Waals surface area contributed by atoms with E-state index >= 15 is 0 Å². The monoisotopic (exact) mass is 684 g/mol. The van der Waals surface area contributed by atoms with E-state index in [-0.39, 0.29) is 11.5 Å². The Kier molecular flexibility index (Phi) is 10.9. The van der Waals surface area contributed by atoms with Crippen molar-refractivity contribution in [2.24, 2.45) is 0 Å². The Morgan fingerprint density at radius 3 is 2.48 bits per heavy atom. The number of thiocarbonyl (C=S) groups is 1. The van der Waals surface area contributed by atoms with Crippen LogP contribution in [-0.4, -0.2) is 90.8 Å². The van der Waals surface area contributed by atoms with Crippen molar-refractivity contribution in [3.63, 3.8) is 0 Å². The number of hydrogen-bond donors (Lipinski definition) is 1. The second kappa shape index (κ2) is 15.7. The number of fused-ring (bicyclic) bond motifs is 1. The molecule has 4 aromatic rings. The molecule has 11 heteroatoms. The number of aromatic carboxylic acids is 1. The standard InChI is InChI=1S/C37H36N2O7S2/c1-43-32-22-25(23-33-35(40)39(37(47)48-33)13-4-17-45-30-11-9-27(10-12-30)36(41)42)21-31(29-8-7-26-5-2-3-6-28(26)24-29)34(32)46-20-16-38-14-18-44-19-15-38/h2-3,5-12,21-24H,4,13-20H2,1H3,(H,41,42). The number of carboxylic acids is 1. The molecule has 1 amide bonds. The van der Waals surface area contributed by atoms with E-state index in [4.69, 9.17) is 36.3 Å². The molecule has 248 valence electrons. The minimum Gasteiger partial charge on any atom is -0.494 e. The molecule has 0 unspecified atom stereocenters. The van der Waals surface area contributed by atoms with E-state index in [1.807, 2.05) is 30.3 Å². The first-order valence-corrected chi connectivity index (χ1v) is 17.0. The molecule has 0 saturated carbocycles. The summed E-state index contributed by atoms with van der Waals surface area (Å²) < 4.78 is 24.0. The number of rotatable bonds is 13. The van der Waals surface area contributed by atoms with E-state index < -0.39 is 5.97 Å². The molecule has 2 saturated heterocycles. The number of carboxylic acid groups (broad SMARTS) is 1. The van der Waals surface area contributed by atoms with Crippen LogP contribution in [0.5, 0.6) is 17.2 Å². The molecule has 2 aliphatic heterocycles. The molecular weight excluding hydrogens is 649 g/mol. The fourth-order valence-electron chi connectivity index (χ4n) is 5.63. The fourth-order valence-corrected chi connectivity index (χ4v) is 6.94. The van der Waals surface area contributed by atoms with Crippen LogP contribution in [0.1, 0.15) is 22.3 Å². The number of thioether (sulfide) groups is 1. The molecule has 0 aromatic heterocycles. The zero-order valence-electron chi connectivity index (χ0n) is 26.6. The first-order chi connectivity index (χ1) is 23.4. The molecule has 0 radical (unpaired) electrons. The molecule has 48 heavy (non-hydrogen) atoms. The minimum atomic E-state index is -0.990. The second-order valence-corrected chi connectivity index (χ2v) is 13.0. The van der Waals surface area contributed by atoms with Gasteiger partial charge in [-0.25, -0.2) is 4.79 Å². The molecule has 2 heterocycles. The van der Waals surface area contributed by atoms with Crippen LogP contribution in [0.3, 0.4) is 0 Å². The van der Waals surface area contributed by atoms with Crippen molar-refractivity contribution < 1.29 is 33.6 Å². The van der Waals surface area contributed by atoms with Gasteiger partial charge in [-0.2, -0.15) is 0 Å². The zero-order valence-corrected chi connectivity index (χ0v) is 28.2. The number of carbonyl (C=O) groups excluding carboxylic acids is 1. The number of nitrogens with zero attached hydrogens (tertiary/aromatic N) is 2. The average Bonchev–Trinajstić information content (AvgIpc) is 3.37. The molecule has 6 rings (SSSR count). The van der Waals surface area contributed by atoms with Gasteiger partial charge >= 0.3 is 5.97 Å². The Bertz CT molecular complexity index is 1840. The predicted molar refractivity (Wildman–Crippen MR) is 192 cm³/mol. The maximum Gasteiger partial charge on any atom is 0.335 e. The topological polar surface area (TPSA) is 97.8 Å². The summed E-state index contributed by atoms with van der Waals surface area (Å²) in [6.45, 7) is 5.23. The Balaban J connectivity index is 1.20.